The molecule has 2 fully saturated rings. The summed E-state index contributed by atoms with van der Waals surface area (Å²) < 4.78 is 0. The summed E-state index contributed by atoms with van der Waals surface area (Å²) >= 11 is 0. The van der Waals surface area contributed by atoms with Crippen molar-refractivity contribution >= 4 is 5.91 Å². The maximum Gasteiger partial charge on any atom is 0.270 e. The van der Waals surface area contributed by atoms with Crippen LogP contribution in [0.5, 0.6) is 0 Å². The van der Waals surface area contributed by atoms with Crippen LogP contribution in [0.1, 0.15) is 35.3 Å². The minimum atomic E-state index is 0.0266. The summed E-state index contributed by atoms with van der Waals surface area (Å²) in [5.41, 5.74) is 1.05. The Hall–Kier alpha value is -1.80. The number of fused-ring (bicyclic) bond motifs is 3. The lowest BCUT2D eigenvalue weighted by molar-refractivity contribution is 0.0705. The fourth-order valence-electron chi connectivity index (χ4n) is 3.45. The number of carbonyl (C=O) groups is 1. The third kappa shape index (κ3) is 2.44. The van der Waals surface area contributed by atoms with Crippen molar-refractivity contribution in [1.29, 1.82) is 5.26 Å². The molecule has 1 amide bonds. The first-order valence-corrected chi connectivity index (χ1v) is 7.25. The molecule has 1 aromatic rings. The Kier molecular flexibility index (Phi) is 3.49. The highest BCUT2D eigenvalue weighted by Gasteiger charge is 2.33. The van der Waals surface area contributed by atoms with Crippen LogP contribution >= 0.6 is 0 Å². The predicted octanol–water partition coefficient (Wildman–Crippen LogP) is 1.44. The molecule has 2 aliphatic heterocycles. The van der Waals surface area contributed by atoms with Gasteiger partial charge in [-0.1, -0.05) is 6.42 Å². The van der Waals surface area contributed by atoms with Gasteiger partial charge in [-0.15, -0.1) is 0 Å². The van der Waals surface area contributed by atoms with Crippen LogP contribution in [0.25, 0.3) is 0 Å². The van der Waals surface area contributed by atoms with Crippen molar-refractivity contribution in [3.63, 3.8) is 0 Å². The van der Waals surface area contributed by atoms with E-state index in [1.54, 1.807) is 12.3 Å². The van der Waals surface area contributed by atoms with Gasteiger partial charge >= 0.3 is 0 Å². The van der Waals surface area contributed by atoms with Crippen LogP contribution in [0.3, 0.4) is 0 Å². The minimum Gasteiger partial charge on any atom is -0.356 e. The maximum atomic E-state index is 12.6. The largest absolute Gasteiger partial charge is 0.356 e. The first kappa shape index (κ1) is 13.2. The van der Waals surface area contributed by atoms with Crippen LogP contribution in [0.2, 0.25) is 0 Å². The molecule has 0 spiro atoms. The van der Waals surface area contributed by atoms with Gasteiger partial charge in [-0.2, -0.15) is 5.26 Å². The molecule has 5 nitrogen and oxygen atoms in total. The second-order valence-corrected chi connectivity index (χ2v) is 6.01. The Balaban J connectivity index is 1.80. The van der Waals surface area contributed by atoms with Gasteiger partial charge < -0.3 is 14.8 Å². The van der Waals surface area contributed by atoms with Crippen molar-refractivity contribution < 1.29 is 4.79 Å². The summed E-state index contributed by atoms with van der Waals surface area (Å²) in [7, 11) is 2.17. The van der Waals surface area contributed by atoms with Crippen LogP contribution in [0.15, 0.2) is 12.3 Å². The highest BCUT2D eigenvalue weighted by atomic mass is 16.2. The summed E-state index contributed by atoms with van der Waals surface area (Å²) in [6.07, 6.45) is 5.24. The summed E-state index contributed by atoms with van der Waals surface area (Å²) in [6, 6.07) is 4.17. The van der Waals surface area contributed by atoms with E-state index in [4.69, 9.17) is 5.26 Å². The van der Waals surface area contributed by atoms with E-state index in [0.717, 1.165) is 19.6 Å². The number of amides is 1. The van der Waals surface area contributed by atoms with E-state index in [1.807, 2.05) is 4.90 Å². The number of H-pyrrole nitrogens is 1. The van der Waals surface area contributed by atoms with Crippen molar-refractivity contribution in [2.24, 2.45) is 5.92 Å². The second kappa shape index (κ2) is 5.29. The fourth-order valence-corrected chi connectivity index (χ4v) is 3.45. The lowest BCUT2D eigenvalue weighted by Gasteiger charge is -2.29. The van der Waals surface area contributed by atoms with Crippen molar-refractivity contribution in [1.82, 2.24) is 14.8 Å². The number of nitrogens with one attached hydrogen (secondary N) is 1. The number of likely N-dealkylation sites (N-methyl/N-ethyl adjacent to an activating group) is 1. The lowest BCUT2D eigenvalue weighted by atomic mass is 9.99. The normalized spacial score (nSPS) is 26.9. The molecule has 2 bridgehead atoms. The minimum absolute atomic E-state index is 0.0266. The van der Waals surface area contributed by atoms with Gasteiger partial charge in [0.25, 0.3) is 5.91 Å². The fraction of sp³-hybridized carbons (Fsp3) is 0.600. The molecule has 0 aromatic carbocycles. The molecule has 2 atom stereocenters. The van der Waals surface area contributed by atoms with Crippen LogP contribution in [-0.2, 0) is 0 Å². The van der Waals surface area contributed by atoms with Crippen molar-refractivity contribution in [3.05, 3.63) is 23.5 Å². The Morgan fingerprint density at radius 3 is 3.00 bits per heavy atom. The summed E-state index contributed by atoms with van der Waals surface area (Å²) in [5.74, 6) is 0.598. The molecule has 0 unspecified atom stereocenters. The van der Waals surface area contributed by atoms with Gasteiger partial charge in [-0.25, -0.2) is 0 Å². The first-order chi connectivity index (χ1) is 9.67. The maximum absolute atomic E-state index is 12.6. The second-order valence-electron chi connectivity index (χ2n) is 6.01. The highest BCUT2D eigenvalue weighted by molar-refractivity contribution is 5.93. The zero-order chi connectivity index (χ0) is 14.1. The summed E-state index contributed by atoms with van der Waals surface area (Å²) in [6.45, 7) is 2.72. The standard InChI is InChI=1S/C15H20N4O/c1-18-8-11-3-2-4-13(18)10-19(9-11)15(20)14-5-12(6-16)7-17-14/h5,7,11,13,17H,2-4,8-10H2,1H3/t11-,13-/m0/s1. The SMILES string of the molecule is CN1C[C@@H]2CCC[C@H]1CN(C(=O)c1cc(C#N)c[nH]1)C2. The average molecular weight is 272 g/mol. The molecule has 20 heavy (non-hydrogen) atoms. The zero-order valence-electron chi connectivity index (χ0n) is 11.8. The average Bonchev–Trinajstić information content (AvgIpc) is 2.76. The number of nitriles is 1. The van der Waals surface area contributed by atoms with Crippen LogP contribution in [0.4, 0.5) is 0 Å². The number of hydrogen-bond donors (Lipinski definition) is 1. The van der Waals surface area contributed by atoms with Crippen molar-refractivity contribution in [3.8, 4) is 6.07 Å². The van der Waals surface area contributed by atoms with E-state index in [1.165, 1.54) is 19.3 Å². The number of hydrogen-bond acceptors (Lipinski definition) is 3. The van der Waals surface area contributed by atoms with Crippen LogP contribution in [0, 0.1) is 17.2 Å². The summed E-state index contributed by atoms with van der Waals surface area (Å²) in [5, 5.41) is 8.85. The topological polar surface area (TPSA) is 63.1 Å². The Morgan fingerprint density at radius 1 is 1.40 bits per heavy atom. The molecule has 2 saturated heterocycles. The zero-order valence-corrected chi connectivity index (χ0v) is 11.8. The van der Waals surface area contributed by atoms with Gasteiger partial charge in [0.2, 0.25) is 0 Å². The molecule has 0 saturated carbocycles. The monoisotopic (exact) mass is 272 g/mol. The molecule has 2 aliphatic rings. The van der Waals surface area contributed by atoms with E-state index >= 15 is 0 Å². The smallest absolute Gasteiger partial charge is 0.270 e. The quantitative estimate of drug-likeness (QED) is 0.841. The molecule has 1 aromatic heterocycles. The van der Waals surface area contributed by atoms with E-state index in [-0.39, 0.29) is 5.91 Å². The van der Waals surface area contributed by atoms with Gasteiger partial charge in [0.05, 0.1) is 5.56 Å². The van der Waals surface area contributed by atoms with Crippen LogP contribution < -0.4 is 0 Å². The van der Waals surface area contributed by atoms with Gasteiger partial charge in [0, 0.05) is 31.9 Å². The lowest BCUT2D eigenvalue weighted by Crippen LogP contribution is -2.42. The Morgan fingerprint density at radius 2 is 2.25 bits per heavy atom. The van der Waals surface area contributed by atoms with Crippen molar-refractivity contribution in [2.75, 3.05) is 26.7 Å². The Bertz CT molecular complexity index is 544. The molecular formula is C15H20N4O. The van der Waals surface area contributed by atoms with Gasteiger partial charge in [0.15, 0.2) is 0 Å². The van der Waals surface area contributed by atoms with Gasteiger partial charge in [-0.05, 0) is 31.9 Å². The number of likely N-dealkylation sites (tertiary alicyclic amines) is 1. The van der Waals surface area contributed by atoms with E-state index in [0.29, 0.717) is 23.2 Å². The Labute approximate surface area is 119 Å². The molecule has 3 heterocycles. The molecule has 0 radical (unpaired) electrons. The number of rotatable bonds is 1. The number of carbonyl (C=O) groups excluding carboxylic acids is 1. The van der Waals surface area contributed by atoms with Crippen molar-refractivity contribution in [2.45, 2.75) is 25.3 Å². The number of aromatic amines is 1. The van der Waals surface area contributed by atoms with Gasteiger partial charge in [0.1, 0.15) is 11.8 Å². The van der Waals surface area contributed by atoms with E-state index in [2.05, 4.69) is 23.0 Å². The molecule has 0 aliphatic carbocycles. The van der Waals surface area contributed by atoms with Crippen LogP contribution in [-0.4, -0.2) is 53.4 Å². The molecule has 5 heteroatoms. The number of aromatic nitrogens is 1. The third-order valence-corrected chi connectivity index (χ3v) is 4.56. The van der Waals surface area contributed by atoms with E-state index in [9.17, 15) is 4.79 Å². The molecular weight excluding hydrogens is 252 g/mol. The predicted molar refractivity (Wildman–Crippen MR) is 75.2 cm³/mol. The molecule has 106 valence electrons. The third-order valence-electron chi connectivity index (χ3n) is 4.56. The van der Waals surface area contributed by atoms with Gasteiger partial charge in [-0.3, -0.25) is 4.79 Å². The number of nitrogens with zero attached hydrogens (tertiary/aromatic N) is 3. The van der Waals surface area contributed by atoms with E-state index < -0.39 is 0 Å². The highest BCUT2D eigenvalue weighted by Crippen LogP contribution is 2.26. The molecule has 3 rings (SSSR count). The summed E-state index contributed by atoms with van der Waals surface area (Å²) in [4.78, 5) is 19.9. The molecule has 1 N–H and O–H groups in total. The first-order valence-electron chi connectivity index (χ1n) is 7.25.